The second-order valence-electron chi connectivity index (χ2n) is 8.25. The SMILES string of the molecule is CC(CC(C)(C)C(=O)NCCC[N+](C)(C)C)N1CCCC1=O. The van der Waals surface area contributed by atoms with Crippen molar-refractivity contribution in [2.24, 2.45) is 5.41 Å². The first-order chi connectivity index (χ1) is 10.0. The highest BCUT2D eigenvalue weighted by Gasteiger charge is 2.34. The number of rotatable bonds is 8. The lowest BCUT2D eigenvalue weighted by Gasteiger charge is -2.32. The molecule has 0 aliphatic carbocycles. The van der Waals surface area contributed by atoms with Crippen molar-refractivity contribution in [2.75, 3.05) is 40.8 Å². The minimum atomic E-state index is -0.446. The minimum Gasteiger partial charge on any atom is -0.355 e. The Morgan fingerprint density at radius 1 is 1.36 bits per heavy atom. The monoisotopic (exact) mass is 312 g/mol. The van der Waals surface area contributed by atoms with Gasteiger partial charge >= 0.3 is 0 Å². The summed E-state index contributed by atoms with van der Waals surface area (Å²) in [5.74, 6) is 0.319. The molecule has 1 N–H and O–H groups in total. The summed E-state index contributed by atoms with van der Waals surface area (Å²) in [6.07, 6.45) is 3.29. The van der Waals surface area contributed by atoms with Gasteiger partial charge in [0.25, 0.3) is 0 Å². The van der Waals surface area contributed by atoms with Gasteiger partial charge in [0, 0.05) is 37.4 Å². The molecule has 5 heteroatoms. The number of carbonyl (C=O) groups is 2. The van der Waals surface area contributed by atoms with Crippen LogP contribution >= 0.6 is 0 Å². The predicted octanol–water partition coefficient (Wildman–Crippen LogP) is 1.63. The largest absolute Gasteiger partial charge is 0.355 e. The van der Waals surface area contributed by atoms with Crippen molar-refractivity contribution in [3.05, 3.63) is 0 Å². The third-order valence-corrected chi connectivity index (χ3v) is 4.35. The van der Waals surface area contributed by atoms with E-state index < -0.39 is 5.41 Å². The molecule has 0 aromatic rings. The molecule has 0 spiro atoms. The number of hydrogen-bond donors (Lipinski definition) is 1. The molecule has 2 amide bonds. The van der Waals surface area contributed by atoms with Gasteiger partial charge in [-0.3, -0.25) is 9.59 Å². The van der Waals surface area contributed by atoms with Crippen LogP contribution in [0.1, 0.15) is 46.5 Å². The predicted molar refractivity (Wildman–Crippen MR) is 89.3 cm³/mol. The Balaban J connectivity index is 2.40. The Labute approximate surface area is 135 Å². The van der Waals surface area contributed by atoms with Gasteiger partial charge in [0.05, 0.1) is 27.7 Å². The summed E-state index contributed by atoms with van der Waals surface area (Å²) >= 11 is 0. The van der Waals surface area contributed by atoms with Crippen LogP contribution in [-0.4, -0.2) is 68.0 Å². The average molecular weight is 312 g/mol. The van der Waals surface area contributed by atoms with Gasteiger partial charge < -0.3 is 14.7 Å². The second kappa shape index (κ2) is 7.44. The molecule has 1 unspecified atom stereocenters. The molecule has 1 atom stereocenters. The molecule has 22 heavy (non-hydrogen) atoms. The number of quaternary nitrogens is 1. The van der Waals surface area contributed by atoms with Crippen LogP contribution in [0.5, 0.6) is 0 Å². The van der Waals surface area contributed by atoms with E-state index >= 15 is 0 Å². The fourth-order valence-electron chi connectivity index (χ4n) is 3.07. The number of nitrogens with zero attached hydrogens (tertiary/aromatic N) is 2. The van der Waals surface area contributed by atoms with Crippen molar-refractivity contribution in [2.45, 2.75) is 52.5 Å². The van der Waals surface area contributed by atoms with Gasteiger partial charge in [0.2, 0.25) is 11.8 Å². The molecule has 1 aliphatic rings. The van der Waals surface area contributed by atoms with E-state index in [1.165, 1.54) is 0 Å². The molecular formula is C17H34N3O2+. The van der Waals surface area contributed by atoms with Crippen LogP contribution in [0.25, 0.3) is 0 Å². The average Bonchev–Trinajstić information content (AvgIpc) is 2.79. The van der Waals surface area contributed by atoms with Gasteiger partial charge in [-0.25, -0.2) is 0 Å². The van der Waals surface area contributed by atoms with Gasteiger partial charge in [-0.15, -0.1) is 0 Å². The van der Waals surface area contributed by atoms with E-state index in [0.29, 0.717) is 12.8 Å². The van der Waals surface area contributed by atoms with Crippen molar-refractivity contribution in [3.8, 4) is 0 Å². The quantitative estimate of drug-likeness (QED) is 0.547. The summed E-state index contributed by atoms with van der Waals surface area (Å²) in [7, 11) is 6.46. The fraction of sp³-hybridized carbons (Fsp3) is 0.882. The molecule has 0 saturated carbocycles. The maximum atomic E-state index is 12.4. The van der Waals surface area contributed by atoms with Crippen LogP contribution in [-0.2, 0) is 9.59 Å². The lowest BCUT2D eigenvalue weighted by atomic mass is 9.84. The zero-order valence-corrected chi connectivity index (χ0v) is 15.2. The molecule has 0 bridgehead atoms. The molecule has 1 aliphatic heterocycles. The molecule has 1 rings (SSSR count). The molecule has 1 heterocycles. The first-order valence-electron chi connectivity index (χ1n) is 8.41. The number of amides is 2. The topological polar surface area (TPSA) is 49.4 Å². The molecule has 5 nitrogen and oxygen atoms in total. The molecule has 0 aromatic carbocycles. The summed E-state index contributed by atoms with van der Waals surface area (Å²) < 4.78 is 0.910. The van der Waals surface area contributed by atoms with Crippen molar-refractivity contribution < 1.29 is 14.1 Å². The number of likely N-dealkylation sites (tertiary alicyclic amines) is 1. The van der Waals surface area contributed by atoms with Crippen molar-refractivity contribution in [1.82, 2.24) is 10.2 Å². The Hall–Kier alpha value is -1.10. The smallest absolute Gasteiger partial charge is 0.225 e. The Morgan fingerprint density at radius 3 is 2.50 bits per heavy atom. The van der Waals surface area contributed by atoms with E-state index in [1.54, 1.807) is 0 Å². The molecule has 0 radical (unpaired) electrons. The maximum Gasteiger partial charge on any atom is 0.225 e. The van der Waals surface area contributed by atoms with E-state index in [9.17, 15) is 9.59 Å². The van der Waals surface area contributed by atoms with E-state index in [2.05, 4.69) is 33.4 Å². The zero-order chi connectivity index (χ0) is 17.0. The van der Waals surface area contributed by atoms with Gasteiger partial charge in [-0.1, -0.05) is 13.8 Å². The molecule has 1 fully saturated rings. The second-order valence-corrected chi connectivity index (χ2v) is 8.25. The van der Waals surface area contributed by atoms with E-state index in [1.807, 2.05) is 18.7 Å². The van der Waals surface area contributed by atoms with Crippen LogP contribution < -0.4 is 5.32 Å². The van der Waals surface area contributed by atoms with Crippen LogP contribution in [0, 0.1) is 5.41 Å². The standard InChI is InChI=1S/C17H33N3O2/c1-14(19-11-7-9-15(19)21)13-17(2,3)16(22)18-10-8-12-20(4,5)6/h14H,7-13H2,1-6H3/p+1. The van der Waals surface area contributed by atoms with Crippen LogP contribution in [0.15, 0.2) is 0 Å². The summed E-state index contributed by atoms with van der Waals surface area (Å²) in [6.45, 7) is 8.59. The van der Waals surface area contributed by atoms with Crippen molar-refractivity contribution >= 4 is 11.8 Å². The highest BCUT2D eigenvalue weighted by atomic mass is 16.2. The molecule has 1 saturated heterocycles. The lowest BCUT2D eigenvalue weighted by molar-refractivity contribution is -0.870. The van der Waals surface area contributed by atoms with E-state index in [4.69, 9.17) is 0 Å². The molecule has 128 valence electrons. The normalized spacial score (nSPS) is 17.7. The fourth-order valence-corrected chi connectivity index (χ4v) is 3.07. The van der Waals surface area contributed by atoms with Gasteiger partial charge in [0.1, 0.15) is 0 Å². The molecule has 0 aromatic heterocycles. The van der Waals surface area contributed by atoms with E-state index in [-0.39, 0.29) is 17.9 Å². The summed E-state index contributed by atoms with van der Waals surface area (Å²) in [6, 6.07) is 0.127. The third-order valence-electron chi connectivity index (χ3n) is 4.35. The van der Waals surface area contributed by atoms with Crippen LogP contribution in [0.2, 0.25) is 0 Å². The minimum absolute atomic E-state index is 0.0902. The third kappa shape index (κ3) is 5.95. The van der Waals surface area contributed by atoms with E-state index in [0.717, 1.165) is 37.0 Å². The lowest BCUT2D eigenvalue weighted by Crippen LogP contribution is -2.44. The summed E-state index contributed by atoms with van der Waals surface area (Å²) in [5, 5.41) is 3.05. The van der Waals surface area contributed by atoms with Gasteiger partial charge in [-0.05, 0) is 19.8 Å². The molecular weight excluding hydrogens is 278 g/mol. The van der Waals surface area contributed by atoms with Gasteiger partial charge in [-0.2, -0.15) is 0 Å². The van der Waals surface area contributed by atoms with Crippen LogP contribution in [0.4, 0.5) is 0 Å². The Bertz CT molecular complexity index is 399. The first-order valence-corrected chi connectivity index (χ1v) is 8.41. The Kier molecular flexibility index (Phi) is 6.41. The van der Waals surface area contributed by atoms with Crippen LogP contribution in [0.3, 0.4) is 0 Å². The zero-order valence-electron chi connectivity index (χ0n) is 15.2. The number of carbonyl (C=O) groups excluding carboxylic acids is 2. The maximum absolute atomic E-state index is 12.4. The summed E-state index contributed by atoms with van der Waals surface area (Å²) in [5.41, 5.74) is -0.446. The van der Waals surface area contributed by atoms with Crippen molar-refractivity contribution in [3.63, 3.8) is 0 Å². The number of hydrogen-bond acceptors (Lipinski definition) is 2. The van der Waals surface area contributed by atoms with Gasteiger partial charge in [0.15, 0.2) is 0 Å². The highest BCUT2D eigenvalue weighted by molar-refractivity contribution is 5.82. The summed E-state index contributed by atoms with van der Waals surface area (Å²) in [4.78, 5) is 26.1. The van der Waals surface area contributed by atoms with Crippen molar-refractivity contribution in [1.29, 1.82) is 0 Å². The number of nitrogens with one attached hydrogen (secondary N) is 1. The first kappa shape index (κ1) is 18.9. The highest BCUT2D eigenvalue weighted by Crippen LogP contribution is 2.27. The Morgan fingerprint density at radius 2 is 2.00 bits per heavy atom.